The molecule has 1 aromatic carbocycles. The Balaban J connectivity index is 2.14. The number of hydrogen-bond donors (Lipinski definition) is 1. The lowest BCUT2D eigenvalue weighted by Gasteiger charge is -2.41. The van der Waals surface area contributed by atoms with E-state index in [2.05, 4.69) is 44.3 Å². The lowest BCUT2D eigenvalue weighted by Crippen LogP contribution is -2.39. The van der Waals surface area contributed by atoms with Crippen molar-refractivity contribution < 1.29 is 0 Å². The predicted molar refractivity (Wildman–Crippen MR) is 94.6 cm³/mol. The smallest absolute Gasteiger partial charge is 0.0659 e. The molecule has 2 nitrogen and oxygen atoms in total. The van der Waals surface area contributed by atoms with Gasteiger partial charge in [0.2, 0.25) is 0 Å². The van der Waals surface area contributed by atoms with Gasteiger partial charge in [0.1, 0.15) is 0 Å². The van der Waals surface area contributed by atoms with Crippen LogP contribution in [0.3, 0.4) is 0 Å². The molecule has 1 saturated carbocycles. The van der Waals surface area contributed by atoms with Gasteiger partial charge >= 0.3 is 0 Å². The summed E-state index contributed by atoms with van der Waals surface area (Å²) in [6.45, 7) is 7.08. The molecular weight excluding hydrogens is 280 g/mol. The molecule has 2 unspecified atom stereocenters. The first-order valence-electron chi connectivity index (χ1n) is 8.02. The van der Waals surface area contributed by atoms with Crippen molar-refractivity contribution >= 4 is 23.0 Å². The van der Waals surface area contributed by atoms with Crippen molar-refractivity contribution in [1.29, 1.82) is 0 Å². The Morgan fingerprint density at radius 3 is 2.38 bits per heavy atom. The summed E-state index contributed by atoms with van der Waals surface area (Å²) >= 11 is 6.39. The summed E-state index contributed by atoms with van der Waals surface area (Å²) < 4.78 is 0. The third kappa shape index (κ3) is 4.06. The molecule has 3 heteroatoms. The fourth-order valence-corrected chi connectivity index (χ4v) is 3.86. The van der Waals surface area contributed by atoms with E-state index < -0.39 is 0 Å². The average molecular weight is 309 g/mol. The van der Waals surface area contributed by atoms with Crippen molar-refractivity contribution in [1.82, 2.24) is 0 Å². The maximum atomic E-state index is 6.39. The number of anilines is 2. The van der Waals surface area contributed by atoms with Gasteiger partial charge < -0.3 is 10.2 Å². The van der Waals surface area contributed by atoms with Gasteiger partial charge in [-0.2, -0.15) is 0 Å². The zero-order valence-corrected chi connectivity index (χ0v) is 14.8. The van der Waals surface area contributed by atoms with Crippen LogP contribution in [0.15, 0.2) is 18.2 Å². The molecule has 2 atom stereocenters. The van der Waals surface area contributed by atoms with Crippen LogP contribution in [0.5, 0.6) is 0 Å². The first kappa shape index (κ1) is 16.5. The molecule has 1 aromatic rings. The van der Waals surface area contributed by atoms with Gasteiger partial charge in [0.15, 0.2) is 0 Å². The van der Waals surface area contributed by atoms with Crippen molar-refractivity contribution in [2.24, 2.45) is 11.3 Å². The summed E-state index contributed by atoms with van der Waals surface area (Å²) in [6, 6.07) is 6.86. The summed E-state index contributed by atoms with van der Waals surface area (Å²) in [5.41, 5.74) is 2.57. The van der Waals surface area contributed by atoms with Crippen molar-refractivity contribution in [3.05, 3.63) is 23.2 Å². The molecule has 21 heavy (non-hydrogen) atoms. The van der Waals surface area contributed by atoms with Crippen molar-refractivity contribution in [2.75, 3.05) is 24.3 Å². The van der Waals surface area contributed by atoms with Gasteiger partial charge in [0.25, 0.3) is 0 Å². The van der Waals surface area contributed by atoms with Crippen LogP contribution in [-0.4, -0.2) is 20.1 Å². The van der Waals surface area contributed by atoms with Crippen LogP contribution in [0.4, 0.5) is 11.4 Å². The maximum absolute atomic E-state index is 6.39. The van der Waals surface area contributed by atoms with E-state index in [1.807, 2.05) is 19.0 Å². The van der Waals surface area contributed by atoms with E-state index in [1.165, 1.54) is 25.7 Å². The highest BCUT2D eigenvalue weighted by Crippen LogP contribution is 2.39. The summed E-state index contributed by atoms with van der Waals surface area (Å²) in [6.07, 6.45) is 5.27. The Morgan fingerprint density at radius 2 is 1.81 bits per heavy atom. The van der Waals surface area contributed by atoms with Crippen LogP contribution in [0.2, 0.25) is 5.02 Å². The van der Waals surface area contributed by atoms with Crippen LogP contribution < -0.4 is 10.2 Å². The summed E-state index contributed by atoms with van der Waals surface area (Å²) in [5.74, 6) is 0.721. The fourth-order valence-electron chi connectivity index (χ4n) is 3.51. The molecule has 0 amide bonds. The summed E-state index contributed by atoms with van der Waals surface area (Å²) in [4.78, 5) is 2.05. The molecule has 1 aliphatic rings. The van der Waals surface area contributed by atoms with Crippen LogP contribution in [0.1, 0.15) is 46.5 Å². The summed E-state index contributed by atoms with van der Waals surface area (Å²) in [5, 5.41) is 4.55. The second-order valence-corrected chi connectivity index (χ2v) is 7.98. The molecule has 0 saturated heterocycles. The Labute approximate surface area is 134 Å². The number of halogens is 1. The fraction of sp³-hybridized carbons (Fsp3) is 0.667. The molecule has 0 aliphatic heterocycles. The molecule has 0 radical (unpaired) electrons. The van der Waals surface area contributed by atoms with Crippen molar-refractivity contribution in [3.8, 4) is 0 Å². The van der Waals surface area contributed by atoms with E-state index in [-0.39, 0.29) is 0 Å². The van der Waals surface area contributed by atoms with Crippen LogP contribution in [0.25, 0.3) is 0 Å². The molecule has 1 fully saturated rings. The van der Waals surface area contributed by atoms with E-state index in [4.69, 9.17) is 11.6 Å². The highest BCUT2D eigenvalue weighted by atomic mass is 35.5. The van der Waals surface area contributed by atoms with Crippen molar-refractivity contribution in [2.45, 2.75) is 52.5 Å². The normalized spacial score (nSPS) is 23.0. The quantitative estimate of drug-likeness (QED) is 0.801. The van der Waals surface area contributed by atoms with Gasteiger partial charge in [0.05, 0.1) is 10.7 Å². The number of rotatable bonds is 3. The first-order chi connectivity index (χ1) is 9.79. The van der Waals surface area contributed by atoms with E-state index in [0.29, 0.717) is 11.5 Å². The Kier molecular flexibility index (Phi) is 5.08. The standard InChI is InChI=1S/C18H29ClN2/c1-18(2,3)14-8-6-7-9-16(14)20-13-10-11-17(21(4)5)15(19)12-13/h10-12,14,16,20H,6-9H2,1-5H3. The molecule has 1 aliphatic carbocycles. The highest BCUT2D eigenvalue weighted by molar-refractivity contribution is 6.33. The zero-order valence-electron chi connectivity index (χ0n) is 14.0. The third-order valence-corrected chi connectivity index (χ3v) is 4.96. The average Bonchev–Trinajstić information content (AvgIpc) is 2.37. The van der Waals surface area contributed by atoms with Crippen LogP contribution in [-0.2, 0) is 0 Å². The SMILES string of the molecule is CN(C)c1ccc(NC2CCCCC2C(C)(C)C)cc1Cl. The highest BCUT2D eigenvalue weighted by Gasteiger charge is 2.34. The number of benzene rings is 1. The van der Waals surface area contributed by atoms with Crippen LogP contribution >= 0.6 is 11.6 Å². The monoisotopic (exact) mass is 308 g/mol. The second kappa shape index (κ2) is 6.48. The second-order valence-electron chi connectivity index (χ2n) is 7.57. The molecule has 0 bridgehead atoms. The van der Waals surface area contributed by atoms with Gasteiger partial charge in [-0.05, 0) is 42.4 Å². The number of nitrogens with zero attached hydrogens (tertiary/aromatic N) is 1. The molecule has 0 aromatic heterocycles. The summed E-state index contributed by atoms with van der Waals surface area (Å²) in [7, 11) is 4.04. The topological polar surface area (TPSA) is 15.3 Å². The van der Waals surface area contributed by atoms with Crippen LogP contribution in [0, 0.1) is 11.3 Å². The molecule has 2 rings (SSSR count). The molecule has 1 N–H and O–H groups in total. The maximum Gasteiger partial charge on any atom is 0.0659 e. The first-order valence-corrected chi connectivity index (χ1v) is 8.40. The largest absolute Gasteiger partial charge is 0.382 e. The number of nitrogens with one attached hydrogen (secondary N) is 1. The van der Waals surface area contributed by atoms with E-state index in [9.17, 15) is 0 Å². The van der Waals surface area contributed by atoms with Gasteiger partial charge in [-0.1, -0.05) is 45.2 Å². The Morgan fingerprint density at radius 1 is 1.14 bits per heavy atom. The minimum Gasteiger partial charge on any atom is -0.382 e. The Hall–Kier alpha value is -0.890. The molecule has 118 valence electrons. The van der Waals surface area contributed by atoms with Gasteiger partial charge in [-0.15, -0.1) is 0 Å². The molecule has 0 heterocycles. The zero-order chi connectivity index (χ0) is 15.6. The van der Waals surface area contributed by atoms with Gasteiger partial charge in [-0.25, -0.2) is 0 Å². The minimum atomic E-state index is 0.353. The lowest BCUT2D eigenvalue weighted by atomic mass is 9.69. The van der Waals surface area contributed by atoms with E-state index in [0.717, 1.165) is 22.3 Å². The Bertz CT molecular complexity index is 477. The van der Waals surface area contributed by atoms with Crippen molar-refractivity contribution in [3.63, 3.8) is 0 Å². The van der Waals surface area contributed by atoms with E-state index in [1.54, 1.807) is 0 Å². The van der Waals surface area contributed by atoms with E-state index >= 15 is 0 Å². The molecule has 0 spiro atoms. The molecular formula is C18H29ClN2. The predicted octanol–water partition coefficient (Wildman–Crippen LogP) is 5.42. The minimum absolute atomic E-state index is 0.353. The lowest BCUT2D eigenvalue weighted by molar-refractivity contribution is 0.163. The van der Waals surface area contributed by atoms with Gasteiger partial charge in [0, 0.05) is 25.8 Å². The third-order valence-electron chi connectivity index (χ3n) is 4.66. The van der Waals surface area contributed by atoms with Gasteiger partial charge in [-0.3, -0.25) is 0 Å². The number of hydrogen-bond acceptors (Lipinski definition) is 2.